The summed E-state index contributed by atoms with van der Waals surface area (Å²) >= 11 is 0. The van der Waals surface area contributed by atoms with Gasteiger partial charge < -0.3 is 9.47 Å². The number of benzene rings is 1. The van der Waals surface area contributed by atoms with Crippen LogP contribution in [0.4, 0.5) is 0 Å². The molecule has 0 bridgehead atoms. The normalized spacial score (nSPS) is 11.0. The van der Waals surface area contributed by atoms with E-state index in [2.05, 4.69) is 0 Å². The van der Waals surface area contributed by atoms with Crippen molar-refractivity contribution in [1.82, 2.24) is 0 Å². The second-order valence-electron chi connectivity index (χ2n) is 2.26. The average Bonchev–Trinajstić information content (AvgIpc) is 1.93. The van der Waals surface area contributed by atoms with Crippen molar-refractivity contribution in [3.63, 3.8) is 0 Å². The molecule has 2 aliphatic carbocycles. The minimum atomic E-state index is 0.939. The molecule has 0 saturated heterocycles. The van der Waals surface area contributed by atoms with Crippen molar-refractivity contribution < 1.29 is 9.47 Å². The first kappa shape index (κ1) is 5.59. The van der Waals surface area contributed by atoms with E-state index in [1.165, 1.54) is 5.22 Å². The highest BCUT2D eigenvalue weighted by molar-refractivity contribution is 5.49. The molecule has 10 heavy (non-hydrogen) atoms. The lowest BCUT2D eigenvalue weighted by molar-refractivity contribution is 0.380. The maximum absolute atomic E-state index is 5.03. The first-order valence-electron chi connectivity index (χ1n) is 3.13. The Balaban J connectivity index is 2.48. The van der Waals surface area contributed by atoms with Gasteiger partial charge in [-0.3, -0.25) is 0 Å². The zero-order valence-electron chi connectivity index (χ0n) is 5.97. The Morgan fingerprint density at radius 3 is 1.80 bits per heavy atom. The van der Waals surface area contributed by atoms with Crippen LogP contribution >= 0.6 is 0 Å². The van der Waals surface area contributed by atoms with Crippen molar-refractivity contribution in [2.75, 3.05) is 14.2 Å². The summed E-state index contributed by atoms with van der Waals surface area (Å²) < 4.78 is 10.1. The van der Waals surface area contributed by atoms with Gasteiger partial charge >= 0.3 is 0 Å². The zero-order chi connectivity index (χ0) is 7.14. The van der Waals surface area contributed by atoms with Crippen LogP contribution in [0.15, 0.2) is 12.1 Å². The minimum Gasteiger partial charge on any atom is -0.496 e. The van der Waals surface area contributed by atoms with Gasteiger partial charge in [0, 0.05) is 0 Å². The van der Waals surface area contributed by atoms with Crippen LogP contribution in [0.5, 0.6) is 11.5 Å². The molecule has 0 heterocycles. The molecule has 0 saturated carbocycles. The van der Waals surface area contributed by atoms with Crippen LogP contribution in [0.1, 0.15) is 0 Å². The second-order valence-corrected chi connectivity index (χ2v) is 2.26. The largest absolute Gasteiger partial charge is 0.496 e. The summed E-state index contributed by atoms with van der Waals surface area (Å²) in [6.07, 6.45) is 0. The molecule has 0 atom stereocenters. The number of hydrogen-bond acceptors (Lipinski definition) is 2. The summed E-state index contributed by atoms with van der Waals surface area (Å²) in [7, 11) is 3.34. The van der Waals surface area contributed by atoms with Crippen LogP contribution in [-0.2, 0) is 0 Å². The molecule has 0 radical (unpaired) electrons. The predicted molar refractivity (Wildman–Crippen MR) is 37.2 cm³/mol. The maximum atomic E-state index is 5.03. The lowest BCUT2D eigenvalue weighted by Crippen LogP contribution is -1.98. The summed E-state index contributed by atoms with van der Waals surface area (Å²) in [6.45, 7) is 0. The molecule has 0 aromatic heterocycles. The Bertz CT molecular complexity index is 323. The molecule has 0 N–H and O–H groups in total. The van der Waals surface area contributed by atoms with Gasteiger partial charge in [0.25, 0.3) is 0 Å². The van der Waals surface area contributed by atoms with Gasteiger partial charge in [0.1, 0.15) is 11.5 Å². The first-order chi connectivity index (χ1) is 4.86. The fourth-order valence-corrected chi connectivity index (χ4v) is 1.19. The fraction of sp³-hybridized carbons (Fsp3) is 0.250. The molecule has 0 spiro atoms. The minimum absolute atomic E-state index is 0.939. The quantitative estimate of drug-likeness (QED) is 0.619. The molecule has 0 amide bonds. The van der Waals surface area contributed by atoms with Gasteiger partial charge in [-0.15, -0.1) is 0 Å². The van der Waals surface area contributed by atoms with E-state index in [4.69, 9.17) is 9.47 Å². The van der Waals surface area contributed by atoms with Gasteiger partial charge in [-0.05, 0) is 17.4 Å². The van der Waals surface area contributed by atoms with E-state index in [1.54, 1.807) is 14.2 Å². The predicted octanol–water partition coefficient (Wildman–Crippen LogP) is 1.30. The number of ether oxygens (including phenoxy) is 2. The van der Waals surface area contributed by atoms with Crippen molar-refractivity contribution in [3.05, 3.63) is 22.6 Å². The third-order valence-electron chi connectivity index (χ3n) is 1.79. The summed E-state index contributed by atoms with van der Waals surface area (Å²) in [5.74, 6) is 1.88. The standard InChI is InChI=1S/C8H8O2/c1-9-6-3-5-4-7(10-2)8(5)6/h3-4H,1-2H3. The van der Waals surface area contributed by atoms with E-state index in [0.717, 1.165) is 16.7 Å². The van der Waals surface area contributed by atoms with Crippen LogP contribution in [0.25, 0.3) is 0 Å². The van der Waals surface area contributed by atoms with Crippen molar-refractivity contribution in [1.29, 1.82) is 0 Å². The molecule has 2 heteroatoms. The summed E-state index contributed by atoms with van der Waals surface area (Å²) in [5, 5.41) is 2.39. The Kier molecular flexibility index (Phi) is 0.926. The lowest BCUT2D eigenvalue weighted by atomic mass is 10.0. The number of rotatable bonds is 2. The van der Waals surface area contributed by atoms with Crippen molar-refractivity contribution in [2.45, 2.75) is 0 Å². The van der Waals surface area contributed by atoms with E-state index in [9.17, 15) is 0 Å². The smallest absolute Gasteiger partial charge is 0.131 e. The highest BCUT2D eigenvalue weighted by Crippen LogP contribution is 2.33. The molecule has 0 aliphatic heterocycles. The van der Waals surface area contributed by atoms with Gasteiger partial charge in [-0.2, -0.15) is 0 Å². The summed E-state index contributed by atoms with van der Waals surface area (Å²) in [6, 6.07) is 4.00. The summed E-state index contributed by atoms with van der Waals surface area (Å²) in [5.41, 5.74) is 0. The van der Waals surface area contributed by atoms with Gasteiger partial charge in [0.15, 0.2) is 0 Å². The monoisotopic (exact) mass is 136 g/mol. The molecule has 0 unspecified atom stereocenters. The van der Waals surface area contributed by atoms with E-state index in [1.807, 2.05) is 12.1 Å². The Hall–Kier alpha value is -1.18. The van der Waals surface area contributed by atoms with E-state index in [-0.39, 0.29) is 0 Å². The van der Waals surface area contributed by atoms with Gasteiger partial charge in [-0.25, -0.2) is 0 Å². The molecular weight excluding hydrogens is 128 g/mol. The molecule has 0 fully saturated rings. The first-order valence-corrected chi connectivity index (χ1v) is 3.13. The molecule has 2 rings (SSSR count). The number of hydrogen-bond donors (Lipinski definition) is 0. The third kappa shape index (κ3) is 0.444. The highest BCUT2D eigenvalue weighted by atomic mass is 16.5. The van der Waals surface area contributed by atoms with Gasteiger partial charge in [-0.1, -0.05) is 0 Å². The highest BCUT2D eigenvalue weighted by Gasteiger charge is 2.13. The Labute approximate surface area is 58.7 Å². The fourth-order valence-electron chi connectivity index (χ4n) is 1.19. The van der Waals surface area contributed by atoms with Crippen LogP contribution in [0, 0.1) is 10.4 Å². The van der Waals surface area contributed by atoms with Gasteiger partial charge in [0.2, 0.25) is 0 Å². The molecule has 2 nitrogen and oxygen atoms in total. The Morgan fingerprint density at radius 1 is 1.00 bits per heavy atom. The zero-order valence-corrected chi connectivity index (χ0v) is 5.97. The number of methoxy groups -OCH3 is 2. The topological polar surface area (TPSA) is 18.5 Å². The van der Waals surface area contributed by atoms with Crippen molar-refractivity contribution in [2.24, 2.45) is 0 Å². The van der Waals surface area contributed by atoms with Crippen LogP contribution in [0.2, 0.25) is 0 Å². The molecule has 0 aromatic rings. The third-order valence-corrected chi connectivity index (χ3v) is 1.79. The van der Waals surface area contributed by atoms with Crippen LogP contribution < -0.4 is 9.47 Å². The average molecular weight is 136 g/mol. The molecular formula is C8H8O2. The molecule has 0 aromatic carbocycles. The van der Waals surface area contributed by atoms with Crippen molar-refractivity contribution in [3.8, 4) is 11.5 Å². The molecule has 52 valence electrons. The lowest BCUT2D eigenvalue weighted by Gasteiger charge is -2.14. The van der Waals surface area contributed by atoms with Crippen LogP contribution in [0.3, 0.4) is 0 Å². The van der Waals surface area contributed by atoms with E-state index in [0.29, 0.717) is 0 Å². The van der Waals surface area contributed by atoms with Gasteiger partial charge in [0.05, 0.1) is 19.4 Å². The van der Waals surface area contributed by atoms with E-state index >= 15 is 0 Å². The second kappa shape index (κ2) is 1.66. The summed E-state index contributed by atoms with van der Waals surface area (Å²) in [4.78, 5) is 0. The van der Waals surface area contributed by atoms with Crippen LogP contribution in [-0.4, -0.2) is 14.2 Å². The Morgan fingerprint density at radius 2 is 1.50 bits per heavy atom. The SMILES string of the molecule is COc1cc2cc(OC)c1=2. The van der Waals surface area contributed by atoms with Crippen molar-refractivity contribution >= 4 is 0 Å². The maximum Gasteiger partial charge on any atom is 0.131 e. The molecule has 2 aliphatic rings. The van der Waals surface area contributed by atoms with E-state index < -0.39 is 0 Å².